The van der Waals surface area contributed by atoms with Crippen LogP contribution in [0.2, 0.25) is 0 Å². The second-order valence-corrected chi connectivity index (χ2v) is 11.7. The molecule has 9 heteroatoms. The summed E-state index contributed by atoms with van der Waals surface area (Å²) in [5.74, 6) is 1.10. The van der Waals surface area contributed by atoms with Crippen LogP contribution in [0.1, 0.15) is 51.9 Å². The fraction of sp³-hybridized carbons (Fsp3) is 0.242. The molecule has 5 aromatic rings. The molecule has 212 valence electrons. The average molecular weight is 562 g/mol. The smallest absolute Gasteiger partial charge is 0.224 e. The van der Waals surface area contributed by atoms with Gasteiger partial charge >= 0.3 is 0 Å². The van der Waals surface area contributed by atoms with E-state index in [1.165, 1.54) is 17.7 Å². The maximum Gasteiger partial charge on any atom is 0.224 e. The van der Waals surface area contributed by atoms with Gasteiger partial charge in [0.05, 0.1) is 29.1 Å². The largest absolute Gasteiger partial charge is 0.366 e. The number of fused-ring (bicyclic) bond motifs is 2. The lowest BCUT2D eigenvalue weighted by Crippen LogP contribution is -2.19. The van der Waals surface area contributed by atoms with Gasteiger partial charge in [-0.3, -0.25) is 14.8 Å². The van der Waals surface area contributed by atoms with Crippen molar-refractivity contribution in [1.82, 2.24) is 24.9 Å². The highest BCUT2D eigenvalue weighted by Crippen LogP contribution is 2.38. The third-order valence-electron chi connectivity index (χ3n) is 7.22. The van der Waals surface area contributed by atoms with Crippen molar-refractivity contribution in [3.63, 3.8) is 0 Å². The van der Waals surface area contributed by atoms with Crippen molar-refractivity contribution in [2.24, 2.45) is 5.41 Å². The molecule has 5 heterocycles. The van der Waals surface area contributed by atoms with Crippen LogP contribution in [-0.4, -0.2) is 37.4 Å². The molecule has 8 nitrogen and oxygen atoms in total. The van der Waals surface area contributed by atoms with Gasteiger partial charge in [0.15, 0.2) is 0 Å². The summed E-state index contributed by atoms with van der Waals surface area (Å²) in [5, 5.41) is 6.41. The predicted molar refractivity (Wildman–Crippen MR) is 164 cm³/mol. The molecule has 1 aliphatic heterocycles. The Labute approximate surface area is 243 Å². The zero-order valence-electron chi connectivity index (χ0n) is 24.0. The van der Waals surface area contributed by atoms with Crippen LogP contribution in [0.25, 0.3) is 38.9 Å². The van der Waals surface area contributed by atoms with Crippen molar-refractivity contribution in [2.75, 3.05) is 17.2 Å². The number of nitrogens with one attached hydrogen (secondary N) is 3. The first-order valence-corrected chi connectivity index (χ1v) is 14.0. The number of anilines is 2. The van der Waals surface area contributed by atoms with Crippen LogP contribution in [0.15, 0.2) is 73.0 Å². The zero-order chi connectivity index (χ0) is 29.4. The van der Waals surface area contributed by atoms with Crippen molar-refractivity contribution >= 4 is 34.0 Å². The molecule has 0 radical (unpaired) electrons. The Bertz CT molecular complexity index is 1850. The Morgan fingerprint density at radius 2 is 1.79 bits per heavy atom. The van der Waals surface area contributed by atoms with E-state index in [1.807, 2.05) is 39.1 Å². The lowest BCUT2D eigenvalue weighted by Gasteiger charge is -2.23. The molecule has 0 saturated carbocycles. The number of hydrogen-bond donors (Lipinski definition) is 3. The van der Waals surface area contributed by atoms with Crippen LogP contribution in [0.3, 0.4) is 0 Å². The number of carbonyl (C=O) groups excluding carboxylic acids is 1. The van der Waals surface area contributed by atoms with E-state index in [4.69, 9.17) is 9.97 Å². The number of rotatable bonds is 6. The minimum absolute atomic E-state index is 0.0518. The highest BCUT2D eigenvalue weighted by molar-refractivity contribution is 5.96. The van der Waals surface area contributed by atoms with E-state index < -0.39 is 0 Å². The quantitative estimate of drug-likeness (QED) is 0.202. The average Bonchev–Trinajstić information content (AvgIpc) is 3.39. The van der Waals surface area contributed by atoms with Gasteiger partial charge in [0, 0.05) is 59.4 Å². The number of benzene rings is 1. The Morgan fingerprint density at radius 3 is 2.57 bits per heavy atom. The normalized spacial score (nSPS) is 13.2. The third kappa shape index (κ3) is 5.50. The maximum atomic E-state index is 14.0. The van der Waals surface area contributed by atoms with Gasteiger partial charge in [-0.15, -0.1) is 0 Å². The van der Waals surface area contributed by atoms with Crippen molar-refractivity contribution < 1.29 is 9.18 Å². The van der Waals surface area contributed by atoms with Crippen molar-refractivity contribution in [1.29, 1.82) is 0 Å². The van der Waals surface area contributed by atoms with E-state index in [9.17, 15) is 9.18 Å². The van der Waals surface area contributed by atoms with Crippen molar-refractivity contribution in [3.05, 3.63) is 90.2 Å². The molecule has 3 N–H and O–H groups in total. The molecule has 0 saturated heterocycles. The number of pyridine rings is 3. The summed E-state index contributed by atoms with van der Waals surface area (Å²) in [6.07, 6.45) is 9.90. The molecule has 0 fully saturated rings. The van der Waals surface area contributed by atoms with Crippen LogP contribution in [0.5, 0.6) is 0 Å². The molecule has 0 bridgehead atoms. The van der Waals surface area contributed by atoms with Crippen LogP contribution < -0.4 is 10.6 Å². The Balaban J connectivity index is 1.40. The highest BCUT2D eigenvalue weighted by atomic mass is 19.1. The highest BCUT2D eigenvalue weighted by Gasteiger charge is 2.24. The maximum absolute atomic E-state index is 14.0. The molecule has 0 unspecified atom stereocenters. The van der Waals surface area contributed by atoms with Gasteiger partial charge in [0.1, 0.15) is 17.5 Å². The van der Waals surface area contributed by atoms with E-state index in [1.54, 1.807) is 30.9 Å². The summed E-state index contributed by atoms with van der Waals surface area (Å²) in [6, 6.07) is 10.4. The van der Waals surface area contributed by atoms with Gasteiger partial charge in [0.2, 0.25) is 5.91 Å². The first kappa shape index (κ1) is 27.3. The molecule has 1 aliphatic rings. The molecule has 6 rings (SSSR count). The van der Waals surface area contributed by atoms with E-state index in [-0.39, 0.29) is 17.1 Å². The molecular weight excluding hydrogens is 529 g/mol. The fourth-order valence-electron chi connectivity index (χ4n) is 5.29. The summed E-state index contributed by atoms with van der Waals surface area (Å²) in [6.45, 7) is 8.86. The van der Waals surface area contributed by atoms with Crippen LogP contribution in [-0.2, 0) is 4.79 Å². The molecule has 0 spiro atoms. The van der Waals surface area contributed by atoms with Gasteiger partial charge in [-0.1, -0.05) is 39.8 Å². The summed E-state index contributed by atoms with van der Waals surface area (Å²) in [4.78, 5) is 34.6. The number of halogens is 1. The molecule has 0 aliphatic carbocycles. The molecule has 42 heavy (non-hydrogen) atoms. The van der Waals surface area contributed by atoms with Gasteiger partial charge < -0.3 is 15.6 Å². The number of imidazole rings is 1. The lowest BCUT2D eigenvalue weighted by atomic mass is 9.92. The van der Waals surface area contributed by atoms with Crippen molar-refractivity contribution in [2.45, 2.75) is 40.5 Å². The number of carbonyl (C=O) groups is 1. The SMILES string of the molecule is CCC1=C(c2nc3c(-c4cccc(F)c4)cncc3[nH]2)c2cc(-c3cncc(NC(=O)CC(C)(C)C)c3)cnc2NC1. The van der Waals surface area contributed by atoms with E-state index >= 15 is 0 Å². The second-order valence-electron chi connectivity index (χ2n) is 11.7. The van der Waals surface area contributed by atoms with E-state index in [0.29, 0.717) is 30.0 Å². The van der Waals surface area contributed by atoms with E-state index in [2.05, 4.69) is 38.6 Å². The summed E-state index contributed by atoms with van der Waals surface area (Å²) >= 11 is 0. The third-order valence-corrected chi connectivity index (χ3v) is 7.22. The topological polar surface area (TPSA) is 108 Å². The van der Waals surface area contributed by atoms with Gasteiger partial charge in [-0.25, -0.2) is 14.4 Å². The Kier molecular flexibility index (Phi) is 7.02. The predicted octanol–water partition coefficient (Wildman–Crippen LogP) is 7.23. The minimum Gasteiger partial charge on any atom is -0.366 e. The molecule has 4 aromatic heterocycles. The molecular formula is C33H32FN7O. The molecule has 1 aromatic carbocycles. The first-order chi connectivity index (χ1) is 20.2. The number of H-pyrrole nitrogens is 1. The van der Waals surface area contributed by atoms with Crippen LogP contribution in [0.4, 0.5) is 15.9 Å². The summed E-state index contributed by atoms with van der Waals surface area (Å²) < 4.78 is 14.0. The first-order valence-electron chi connectivity index (χ1n) is 14.0. The molecule has 0 atom stereocenters. The van der Waals surface area contributed by atoms with Gasteiger partial charge in [0.25, 0.3) is 0 Å². The van der Waals surface area contributed by atoms with Crippen LogP contribution >= 0.6 is 0 Å². The fourth-order valence-corrected chi connectivity index (χ4v) is 5.29. The summed E-state index contributed by atoms with van der Waals surface area (Å²) in [5.41, 5.74) is 8.25. The number of aromatic amines is 1. The number of hydrogen-bond acceptors (Lipinski definition) is 6. The number of aromatic nitrogens is 5. The van der Waals surface area contributed by atoms with Crippen LogP contribution in [0, 0.1) is 11.2 Å². The van der Waals surface area contributed by atoms with Gasteiger partial charge in [-0.2, -0.15) is 0 Å². The number of amides is 1. The zero-order valence-corrected chi connectivity index (χ0v) is 24.0. The summed E-state index contributed by atoms with van der Waals surface area (Å²) in [7, 11) is 0. The van der Waals surface area contributed by atoms with Crippen molar-refractivity contribution in [3.8, 4) is 22.3 Å². The minimum atomic E-state index is -0.311. The second kappa shape index (κ2) is 10.8. The standard InChI is InChI=1S/C33H32FN7O/c1-5-19-14-37-31-25(11-22(15-38-31)21-10-24(16-35-13-21)39-28(42)12-33(2,3)4)29(19)32-40-27-18-36-17-26(30(27)41-32)20-7-6-8-23(34)9-20/h6-11,13,15-18H,5,12,14H2,1-4H3,(H,37,38)(H,39,42)(H,40,41). The number of nitrogens with zero attached hydrogens (tertiary/aromatic N) is 4. The Hall–Kier alpha value is -4.92. The van der Waals surface area contributed by atoms with E-state index in [0.717, 1.165) is 51.1 Å². The Morgan fingerprint density at radius 1 is 0.976 bits per heavy atom. The monoisotopic (exact) mass is 561 g/mol. The lowest BCUT2D eigenvalue weighted by molar-refractivity contribution is -0.117. The molecule has 1 amide bonds. The van der Waals surface area contributed by atoms with Gasteiger partial charge in [-0.05, 0) is 47.2 Å².